The summed E-state index contributed by atoms with van der Waals surface area (Å²) in [6.45, 7) is 8.64. The molecule has 8 nitrogen and oxygen atoms in total. The van der Waals surface area contributed by atoms with Gasteiger partial charge >= 0.3 is 6.09 Å². The largest absolute Gasteiger partial charge is 0.444 e. The maximum Gasteiger partial charge on any atom is 0.410 e. The first-order chi connectivity index (χ1) is 13.2. The first kappa shape index (κ1) is 19.9. The van der Waals surface area contributed by atoms with Crippen molar-refractivity contribution in [3.63, 3.8) is 0 Å². The number of anilines is 1. The molecule has 0 radical (unpaired) electrons. The van der Waals surface area contributed by atoms with Crippen molar-refractivity contribution >= 4 is 29.5 Å². The molecule has 0 unspecified atom stereocenters. The number of rotatable bonds is 4. The molecule has 0 bridgehead atoms. The fraction of sp³-hybridized carbons (Fsp3) is 0.500. The van der Waals surface area contributed by atoms with Crippen LogP contribution in [0.15, 0.2) is 18.2 Å². The number of fused-ring (bicyclic) bond motifs is 1. The summed E-state index contributed by atoms with van der Waals surface area (Å²) in [4.78, 5) is 31.3. The maximum absolute atomic E-state index is 12.2. The molecule has 2 aromatic heterocycles. The van der Waals surface area contributed by atoms with Gasteiger partial charge in [0.25, 0.3) is 0 Å². The molecule has 0 aliphatic carbocycles. The number of amides is 2. The number of carbonyl (C=O) groups excluding carboxylic acids is 2. The molecule has 8 heteroatoms. The molecular weight excluding hydrogens is 358 g/mol. The Morgan fingerprint density at radius 1 is 1.36 bits per heavy atom. The number of hydrogen-bond donors (Lipinski definition) is 0. The van der Waals surface area contributed by atoms with Crippen molar-refractivity contribution in [2.24, 2.45) is 0 Å². The second kappa shape index (κ2) is 7.61. The average Bonchev–Trinajstić information content (AvgIpc) is 3.04. The molecule has 1 aliphatic heterocycles. The first-order valence-electron chi connectivity index (χ1n) is 9.47. The molecule has 0 spiro atoms. The Balaban J connectivity index is 1.86. The zero-order chi connectivity index (χ0) is 20.5. The van der Waals surface area contributed by atoms with Crippen LogP contribution in [0, 0.1) is 0 Å². The van der Waals surface area contributed by atoms with Gasteiger partial charge in [-0.25, -0.2) is 9.78 Å². The minimum absolute atomic E-state index is 0.302. The Bertz CT molecular complexity index is 926. The van der Waals surface area contributed by atoms with Crippen LogP contribution >= 0.6 is 0 Å². The fourth-order valence-corrected chi connectivity index (χ4v) is 3.17. The smallest absolute Gasteiger partial charge is 0.410 e. The maximum atomic E-state index is 12.2. The quantitative estimate of drug-likeness (QED) is 0.756. The second-order valence-electron chi connectivity index (χ2n) is 7.85. The van der Waals surface area contributed by atoms with Gasteiger partial charge in [-0.05, 0) is 51.3 Å². The third-order valence-corrected chi connectivity index (χ3v) is 4.54. The van der Waals surface area contributed by atoms with Gasteiger partial charge < -0.3 is 14.5 Å². The Hall–Kier alpha value is -2.90. The minimum atomic E-state index is -0.507. The van der Waals surface area contributed by atoms with Crippen molar-refractivity contribution in [3.05, 3.63) is 29.6 Å². The molecule has 2 amide bonds. The van der Waals surface area contributed by atoms with E-state index >= 15 is 0 Å². The number of ether oxygens (including phenoxy) is 1. The minimum Gasteiger partial charge on any atom is -0.444 e. The summed E-state index contributed by atoms with van der Waals surface area (Å²) in [7, 11) is 1.70. The van der Waals surface area contributed by atoms with Gasteiger partial charge in [0.15, 0.2) is 11.5 Å². The average molecular weight is 385 g/mol. The van der Waals surface area contributed by atoms with Crippen molar-refractivity contribution in [3.8, 4) is 0 Å². The summed E-state index contributed by atoms with van der Waals surface area (Å²) in [5.74, 6) is 0.682. The van der Waals surface area contributed by atoms with Gasteiger partial charge in [0.05, 0.1) is 11.4 Å². The fourth-order valence-electron chi connectivity index (χ4n) is 3.17. The predicted molar refractivity (Wildman–Crippen MR) is 107 cm³/mol. The van der Waals surface area contributed by atoms with Crippen LogP contribution in [0.3, 0.4) is 0 Å². The zero-order valence-corrected chi connectivity index (χ0v) is 17.1. The first-order valence-corrected chi connectivity index (χ1v) is 9.47. The van der Waals surface area contributed by atoms with E-state index < -0.39 is 5.60 Å². The number of aromatic nitrogens is 3. The van der Waals surface area contributed by atoms with Gasteiger partial charge in [0.2, 0.25) is 6.41 Å². The van der Waals surface area contributed by atoms with Crippen LogP contribution in [0.25, 0.3) is 11.2 Å². The van der Waals surface area contributed by atoms with Crippen LogP contribution in [0.4, 0.5) is 10.6 Å². The van der Waals surface area contributed by atoms with Crippen LogP contribution in [0.2, 0.25) is 0 Å². The normalized spacial score (nSPS) is 14.8. The monoisotopic (exact) mass is 385 g/mol. The van der Waals surface area contributed by atoms with Crippen LogP contribution in [0.1, 0.15) is 45.5 Å². The molecular formula is C20H27N5O3. The Morgan fingerprint density at radius 2 is 2.11 bits per heavy atom. The summed E-state index contributed by atoms with van der Waals surface area (Å²) in [6, 6.07) is 3.84. The summed E-state index contributed by atoms with van der Waals surface area (Å²) in [5, 5.41) is 4.72. The molecule has 28 heavy (non-hydrogen) atoms. The van der Waals surface area contributed by atoms with E-state index in [0.29, 0.717) is 37.4 Å². The zero-order valence-electron chi connectivity index (χ0n) is 17.1. The van der Waals surface area contributed by atoms with Crippen molar-refractivity contribution in [1.29, 1.82) is 0 Å². The lowest BCUT2D eigenvalue weighted by Gasteiger charge is -2.29. The Morgan fingerprint density at radius 3 is 2.68 bits per heavy atom. The Labute approximate surface area is 164 Å². The van der Waals surface area contributed by atoms with Gasteiger partial charge in [0, 0.05) is 20.1 Å². The van der Waals surface area contributed by atoms with Gasteiger partial charge in [-0.15, -0.1) is 0 Å². The van der Waals surface area contributed by atoms with Crippen LogP contribution in [-0.4, -0.2) is 57.7 Å². The molecule has 2 aromatic rings. The predicted octanol–water partition coefficient (Wildman–Crippen LogP) is 2.91. The van der Waals surface area contributed by atoms with E-state index in [2.05, 4.69) is 4.98 Å². The van der Waals surface area contributed by atoms with E-state index in [4.69, 9.17) is 9.84 Å². The molecule has 150 valence electrons. The highest BCUT2D eigenvalue weighted by Crippen LogP contribution is 2.25. The lowest BCUT2D eigenvalue weighted by molar-refractivity contribution is -0.107. The number of aryl methyl sites for hydroxylation is 1. The van der Waals surface area contributed by atoms with E-state index in [9.17, 15) is 9.59 Å². The van der Waals surface area contributed by atoms with E-state index in [-0.39, 0.29) is 6.09 Å². The van der Waals surface area contributed by atoms with Crippen molar-refractivity contribution in [2.75, 3.05) is 25.0 Å². The second-order valence-corrected chi connectivity index (χ2v) is 7.85. The van der Waals surface area contributed by atoms with Crippen molar-refractivity contribution < 1.29 is 14.3 Å². The van der Waals surface area contributed by atoms with E-state index in [1.807, 2.05) is 45.9 Å². The number of imidazole rings is 1. The highest BCUT2D eigenvalue weighted by molar-refractivity contribution is 5.76. The lowest BCUT2D eigenvalue weighted by Crippen LogP contribution is -2.39. The van der Waals surface area contributed by atoms with E-state index in [1.165, 1.54) is 4.90 Å². The van der Waals surface area contributed by atoms with E-state index in [1.54, 1.807) is 16.5 Å². The molecule has 0 saturated heterocycles. The number of carbonyl (C=O) groups is 2. The van der Waals surface area contributed by atoms with Crippen molar-refractivity contribution in [1.82, 2.24) is 19.5 Å². The lowest BCUT2D eigenvalue weighted by atomic mass is 10.0. The standard InChI is InChI=1S/C20H27N5O3/c1-6-15-18(23(5)13-26)25-17(21-15)8-7-16(22-25)14-9-11-24(12-10-14)19(27)28-20(2,3)4/h7-9,13H,6,10-12H2,1-5H3. The molecule has 0 fully saturated rings. The number of hydrogen-bond acceptors (Lipinski definition) is 5. The highest BCUT2D eigenvalue weighted by atomic mass is 16.6. The Kier molecular flexibility index (Phi) is 5.40. The third-order valence-electron chi connectivity index (χ3n) is 4.54. The highest BCUT2D eigenvalue weighted by Gasteiger charge is 2.24. The van der Waals surface area contributed by atoms with Crippen LogP contribution in [0.5, 0.6) is 0 Å². The van der Waals surface area contributed by atoms with Crippen molar-refractivity contribution in [2.45, 2.75) is 46.1 Å². The topological polar surface area (TPSA) is 80.0 Å². The molecule has 0 atom stereocenters. The SMILES string of the molecule is CCc1nc2ccc(C3=CCN(C(=O)OC(C)(C)C)CC3)nn2c1N(C)C=O. The van der Waals surface area contributed by atoms with E-state index in [0.717, 1.165) is 23.4 Å². The summed E-state index contributed by atoms with van der Waals surface area (Å²) in [5.41, 5.74) is 2.90. The summed E-state index contributed by atoms with van der Waals surface area (Å²) >= 11 is 0. The third kappa shape index (κ3) is 4.00. The molecule has 1 aliphatic rings. The van der Waals surface area contributed by atoms with Gasteiger partial charge in [-0.2, -0.15) is 9.61 Å². The molecule has 0 N–H and O–H groups in total. The number of nitrogens with zero attached hydrogens (tertiary/aromatic N) is 5. The van der Waals surface area contributed by atoms with Gasteiger partial charge in [0.1, 0.15) is 5.60 Å². The molecule has 0 saturated carbocycles. The molecule has 3 rings (SSSR count). The summed E-state index contributed by atoms with van der Waals surface area (Å²) in [6.07, 6.45) is 3.85. The molecule has 0 aromatic carbocycles. The van der Waals surface area contributed by atoms with Gasteiger partial charge in [-0.3, -0.25) is 4.79 Å². The van der Waals surface area contributed by atoms with Crippen LogP contribution < -0.4 is 4.90 Å². The van der Waals surface area contributed by atoms with Gasteiger partial charge in [-0.1, -0.05) is 13.0 Å². The summed E-state index contributed by atoms with van der Waals surface area (Å²) < 4.78 is 7.15. The molecule has 3 heterocycles. The van der Waals surface area contributed by atoms with Crippen LogP contribution in [-0.2, 0) is 16.0 Å².